The fraction of sp³-hybridized carbons (Fsp3) is 0.273. The highest BCUT2D eigenvalue weighted by Crippen LogP contribution is 2.30. The molecule has 3 nitrogen and oxygen atoms in total. The van der Waals surface area contributed by atoms with Gasteiger partial charge in [0.2, 0.25) is 0 Å². The van der Waals surface area contributed by atoms with Crippen molar-refractivity contribution in [3.63, 3.8) is 0 Å². The minimum Gasteiger partial charge on any atom is -0.398 e. The number of nitrogens with two attached hydrogens (primary N) is 1. The molecule has 0 radical (unpaired) electrons. The molecule has 0 saturated carbocycles. The SMILES string of the molecule is CCc1nsc(Sc2ccc(C)c(N)c2)n1. The van der Waals surface area contributed by atoms with Crippen molar-refractivity contribution in [2.75, 3.05) is 5.73 Å². The zero-order valence-electron chi connectivity index (χ0n) is 9.23. The van der Waals surface area contributed by atoms with E-state index in [9.17, 15) is 0 Å². The van der Waals surface area contributed by atoms with Gasteiger partial charge in [0, 0.05) is 17.0 Å². The Morgan fingerprint density at radius 2 is 2.25 bits per heavy atom. The fourth-order valence-corrected chi connectivity index (χ4v) is 2.93. The van der Waals surface area contributed by atoms with E-state index in [0.717, 1.165) is 32.7 Å². The molecule has 0 aliphatic rings. The number of rotatable bonds is 3. The van der Waals surface area contributed by atoms with Gasteiger partial charge in [0.25, 0.3) is 0 Å². The van der Waals surface area contributed by atoms with Crippen LogP contribution in [0.3, 0.4) is 0 Å². The lowest BCUT2D eigenvalue weighted by molar-refractivity contribution is 0.971. The lowest BCUT2D eigenvalue weighted by Crippen LogP contribution is -1.88. The van der Waals surface area contributed by atoms with Crippen molar-refractivity contribution in [3.05, 3.63) is 29.6 Å². The molecule has 0 fully saturated rings. The van der Waals surface area contributed by atoms with Crippen LogP contribution in [0.1, 0.15) is 18.3 Å². The number of aryl methyl sites for hydroxylation is 2. The highest BCUT2D eigenvalue weighted by molar-refractivity contribution is 8.01. The monoisotopic (exact) mass is 251 g/mol. The van der Waals surface area contributed by atoms with Crippen LogP contribution in [0.2, 0.25) is 0 Å². The summed E-state index contributed by atoms with van der Waals surface area (Å²) in [4.78, 5) is 5.52. The average Bonchev–Trinajstić information content (AvgIpc) is 2.71. The molecule has 0 atom stereocenters. The smallest absolute Gasteiger partial charge is 0.174 e. The van der Waals surface area contributed by atoms with E-state index in [0.29, 0.717) is 0 Å². The molecule has 0 unspecified atom stereocenters. The molecule has 0 saturated heterocycles. The Morgan fingerprint density at radius 3 is 2.88 bits per heavy atom. The van der Waals surface area contributed by atoms with Crippen LogP contribution in [0, 0.1) is 6.92 Å². The largest absolute Gasteiger partial charge is 0.398 e. The lowest BCUT2D eigenvalue weighted by Gasteiger charge is -2.02. The topological polar surface area (TPSA) is 51.8 Å². The summed E-state index contributed by atoms with van der Waals surface area (Å²) in [6.45, 7) is 4.06. The second-order valence-corrected chi connectivity index (χ2v) is 5.52. The van der Waals surface area contributed by atoms with Gasteiger partial charge in [-0.1, -0.05) is 24.8 Å². The highest BCUT2D eigenvalue weighted by Gasteiger charge is 2.05. The van der Waals surface area contributed by atoms with E-state index in [1.165, 1.54) is 11.5 Å². The summed E-state index contributed by atoms with van der Waals surface area (Å²) >= 11 is 3.05. The second-order valence-electron chi connectivity index (χ2n) is 3.45. The first-order chi connectivity index (χ1) is 7.69. The maximum Gasteiger partial charge on any atom is 0.174 e. The van der Waals surface area contributed by atoms with Crippen LogP contribution in [-0.2, 0) is 6.42 Å². The maximum absolute atomic E-state index is 5.86. The Bertz CT molecular complexity index is 494. The van der Waals surface area contributed by atoms with E-state index in [1.54, 1.807) is 11.8 Å². The minimum atomic E-state index is 0.824. The van der Waals surface area contributed by atoms with Gasteiger partial charge < -0.3 is 5.73 Å². The van der Waals surface area contributed by atoms with Crippen molar-refractivity contribution in [1.29, 1.82) is 0 Å². The summed E-state index contributed by atoms with van der Waals surface area (Å²) in [5.74, 6) is 0.910. The first-order valence-electron chi connectivity index (χ1n) is 5.05. The average molecular weight is 251 g/mol. The van der Waals surface area contributed by atoms with E-state index in [2.05, 4.69) is 22.3 Å². The van der Waals surface area contributed by atoms with Crippen LogP contribution in [0.5, 0.6) is 0 Å². The normalized spacial score (nSPS) is 10.6. The summed E-state index contributed by atoms with van der Waals surface area (Å²) in [5, 5.41) is 0. The van der Waals surface area contributed by atoms with E-state index in [1.807, 2.05) is 19.1 Å². The molecule has 5 heteroatoms. The Hall–Kier alpha value is -1.07. The number of nitrogen functional groups attached to an aromatic ring is 1. The number of anilines is 1. The first-order valence-corrected chi connectivity index (χ1v) is 6.64. The number of nitrogens with zero attached hydrogens (tertiary/aromatic N) is 2. The summed E-state index contributed by atoms with van der Waals surface area (Å²) in [6.07, 6.45) is 0.882. The summed E-state index contributed by atoms with van der Waals surface area (Å²) in [6, 6.07) is 6.07. The molecular weight excluding hydrogens is 238 g/mol. The molecule has 1 aromatic carbocycles. The van der Waals surface area contributed by atoms with Gasteiger partial charge in [-0.15, -0.1) is 0 Å². The molecule has 2 N–H and O–H groups in total. The standard InChI is InChI=1S/C11H13N3S2/c1-3-10-13-11(16-14-10)15-8-5-4-7(2)9(12)6-8/h4-6H,3,12H2,1-2H3. The van der Waals surface area contributed by atoms with Gasteiger partial charge in [-0.2, -0.15) is 4.37 Å². The van der Waals surface area contributed by atoms with E-state index >= 15 is 0 Å². The van der Waals surface area contributed by atoms with Crippen LogP contribution in [0.4, 0.5) is 5.69 Å². The molecule has 2 aromatic rings. The Labute approximate surface area is 103 Å². The minimum absolute atomic E-state index is 0.824. The summed E-state index contributed by atoms with van der Waals surface area (Å²) in [5.41, 5.74) is 7.79. The Morgan fingerprint density at radius 1 is 1.44 bits per heavy atom. The molecule has 84 valence electrons. The van der Waals surface area contributed by atoms with Crippen LogP contribution in [0.25, 0.3) is 0 Å². The molecule has 16 heavy (non-hydrogen) atoms. The molecule has 1 heterocycles. The van der Waals surface area contributed by atoms with Gasteiger partial charge >= 0.3 is 0 Å². The molecule has 0 amide bonds. The van der Waals surface area contributed by atoms with Gasteiger partial charge in [0.15, 0.2) is 4.34 Å². The van der Waals surface area contributed by atoms with Gasteiger partial charge in [-0.25, -0.2) is 4.98 Å². The van der Waals surface area contributed by atoms with Crippen molar-refractivity contribution in [2.24, 2.45) is 0 Å². The first kappa shape index (κ1) is 11.4. The number of benzene rings is 1. The fourth-order valence-electron chi connectivity index (χ4n) is 1.21. The molecule has 0 bridgehead atoms. The summed E-state index contributed by atoms with van der Waals surface area (Å²) < 4.78 is 5.22. The number of hydrogen-bond donors (Lipinski definition) is 1. The van der Waals surface area contributed by atoms with Gasteiger partial charge in [0.1, 0.15) is 5.82 Å². The quantitative estimate of drug-likeness (QED) is 0.851. The lowest BCUT2D eigenvalue weighted by atomic mass is 10.2. The van der Waals surface area contributed by atoms with Crippen LogP contribution < -0.4 is 5.73 Å². The predicted molar refractivity (Wildman–Crippen MR) is 69.0 cm³/mol. The molecular formula is C11H13N3S2. The van der Waals surface area contributed by atoms with Crippen molar-refractivity contribution in [1.82, 2.24) is 9.36 Å². The van der Waals surface area contributed by atoms with Crippen molar-refractivity contribution in [3.8, 4) is 0 Å². The third-order valence-corrected chi connectivity index (χ3v) is 4.00. The summed E-state index contributed by atoms with van der Waals surface area (Å²) in [7, 11) is 0. The Kier molecular flexibility index (Phi) is 3.46. The third-order valence-electron chi connectivity index (χ3n) is 2.22. The number of aromatic nitrogens is 2. The van der Waals surface area contributed by atoms with Gasteiger partial charge in [0.05, 0.1) is 0 Å². The van der Waals surface area contributed by atoms with E-state index in [4.69, 9.17) is 5.73 Å². The van der Waals surface area contributed by atoms with Crippen molar-refractivity contribution in [2.45, 2.75) is 29.5 Å². The molecule has 0 aliphatic carbocycles. The number of hydrogen-bond acceptors (Lipinski definition) is 5. The zero-order chi connectivity index (χ0) is 11.5. The van der Waals surface area contributed by atoms with Crippen molar-refractivity contribution >= 4 is 29.0 Å². The Balaban J connectivity index is 2.17. The third kappa shape index (κ3) is 2.54. The van der Waals surface area contributed by atoms with E-state index < -0.39 is 0 Å². The van der Waals surface area contributed by atoms with Crippen LogP contribution >= 0.6 is 23.3 Å². The van der Waals surface area contributed by atoms with Crippen molar-refractivity contribution < 1.29 is 0 Å². The second kappa shape index (κ2) is 4.84. The van der Waals surface area contributed by atoms with E-state index in [-0.39, 0.29) is 0 Å². The van der Waals surface area contributed by atoms with Crippen LogP contribution in [0.15, 0.2) is 27.4 Å². The maximum atomic E-state index is 5.86. The molecule has 2 rings (SSSR count). The predicted octanol–water partition coefficient (Wildman–Crippen LogP) is 3.14. The van der Waals surface area contributed by atoms with Gasteiger partial charge in [-0.3, -0.25) is 0 Å². The molecule has 1 aromatic heterocycles. The zero-order valence-corrected chi connectivity index (χ0v) is 10.9. The van der Waals surface area contributed by atoms with Crippen LogP contribution in [-0.4, -0.2) is 9.36 Å². The highest BCUT2D eigenvalue weighted by atomic mass is 32.2. The van der Waals surface area contributed by atoms with Gasteiger partial charge in [-0.05, 0) is 36.2 Å². The molecule has 0 aliphatic heterocycles. The molecule has 0 spiro atoms.